The van der Waals surface area contributed by atoms with Gasteiger partial charge in [0.15, 0.2) is 0 Å². The summed E-state index contributed by atoms with van der Waals surface area (Å²) in [6.45, 7) is 5.20. The Kier molecular flexibility index (Phi) is 7.10. The van der Waals surface area contributed by atoms with E-state index < -0.39 is 10.0 Å². The summed E-state index contributed by atoms with van der Waals surface area (Å²) in [6, 6.07) is 12.4. The van der Waals surface area contributed by atoms with Gasteiger partial charge in [0.2, 0.25) is 10.0 Å². The quantitative estimate of drug-likeness (QED) is 0.684. The normalized spacial score (nSPS) is 16.4. The Labute approximate surface area is 180 Å². The molecule has 1 saturated heterocycles. The van der Waals surface area contributed by atoms with E-state index in [4.69, 9.17) is 4.74 Å². The molecule has 3 rings (SSSR count). The molecule has 0 radical (unpaired) electrons. The van der Waals surface area contributed by atoms with Crippen LogP contribution >= 0.6 is 15.9 Å². The van der Waals surface area contributed by atoms with E-state index in [1.807, 2.05) is 31.2 Å². The lowest BCUT2D eigenvalue weighted by atomic mass is 10.0. The topological polar surface area (TPSA) is 75.7 Å². The first-order chi connectivity index (χ1) is 13.8. The number of amides is 1. The summed E-state index contributed by atoms with van der Waals surface area (Å²) in [5.41, 5.74) is 2.10. The third-order valence-electron chi connectivity index (χ3n) is 5.05. The van der Waals surface area contributed by atoms with Crippen molar-refractivity contribution in [2.45, 2.75) is 31.2 Å². The van der Waals surface area contributed by atoms with Gasteiger partial charge in [-0.1, -0.05) is 41.1 Å². The summed E-state index contributed by atoms with van der Waals surface area (Å²) in [5.74, 6) is -0.281. The Balaban J connectivity index is 1.85. The predicted molar refractivity (Wildman–Crippen MR) is 115 cm³/mol. The highest BCUT2D eigenvalue weighted by Crippen LogP contribution is 2.23. The molecule has 1 atom stereocenters. The van der Waals surface area contributed by atoms with E-state index in [2.05, 4.69) is 21.2 Å². The molecule has 2 aromatic carbocycles. The van der Waals surface area contributed by atoms with Crippen LogP contribution in [0, 0.1) is 6.92 Å². The van der Waals surface area contributed by atoms with Crippen LogP contribution in [0.5, 0.6) is 0 Å². The Morgan fingerprint density at radius 1 is 1.17 bits per heavy atom. The maximum Gasteiger partial charge on any atom is 0.252 e. The van der Waals surface area contributed by atoms with Gasteiger partial charge in [-0.3, -0.25) is 4.79 Å². The number of sulfonamides is 1. The molecule has 0 aliphatic carbocycles. The number of nitrogens with one attached hydrogen (secondary N) is 1. The number of carbonyl (C=O) groups excluding carboxylic acids is 1. The highest BCUT2D eigenvalue weighted by molar-refractivity contribution is 9.10. The fourth-order valence-corrected chi connectivity index (χ4v) is 4.99. The van der Waals surface area contributed by atoms with Crippen LogP contribution in [0.15, 0.2) is 51.8 Å². The van der Waals surface area contributed by atoms with Crippen molar-refractivity contribution in [2.75, 3.05) is 26.3 Å². The fraction of sp³-hybridized carbons (Fsp3) is 0.381. The number of rotatable bonds is 6. The minimum Gasteiger partial charge on any atom is -0.379 e. The number of ether oxygens (including phenoxy) is 1. The number of hydrogen-bond donors (Lipinski definition) is 1. The van der Waals surface area contributed by atoms with Crippen LogP contribution in [0.1, 0.15) is 40.9 Å². The predicted octanol–water partition coefficient (Wildman–Crippen LogP) is 3.66. The average molecular weight is 481 g/mol. The van der Waals surface area contributed by atoms with E-state index in [1.165, 1.54) is 10.4 Å². The lowest BCUT2D eigenvalue weighted by molar-refractivity contribution is 0.0730. The molecule has 1 amide bonds. The minimum atomic E-state index is -3.66. The van der Waals surface area contributed by atoms with Crippen molar-refractivity contribution in [3.05, 3.63) is 63.6 Å². The van der Waals surface area contributed by atoms with E-state index in [1.54, 1.807) is 19.1 Å². The molecule has 8 heteroatoms. The first-order valence-electron chi connectivity index (χ1n) is 9.58. The molecule has 0 bridgehead atoms. The van der Waals surface area contributed by atoms with E-state index in [9.17, 15) is 13.2 Å². The van der Waals surface area contributed by atoms with Gasteiger partial charge in [-0.15, -0.1) is 0 Å². The van der Waals surface area contributed by atoms with E-state index in [-0.39, 0.29) is 16.8 Å². The SMILES string of the molecule is CCC(NC(=O)c1cc(S(=O)(=O)N2CCOCC2)ccc1C)c1ccc(Br)cc1. The van der Waals surface area contributed by atoms with Crippen molar-refractivity contribution in [3.8, 4) is 0 Å². The molecule has 1 heterocycles. The van der Waals surface area contributed by atoms with Gasteiger partial charge < -0.3 is 10.1 Å². The van der Waals surface area contributed by atoms with Crippen molar-refractivity contribution in [3.63, 3.8) is 0 Å². The zero-order valence-electron chi connectivity index (χ0n) is 16.5. The number of morpholine rings is 1. The van der Waals surface area contributed by atoms with Crippen LogP contribution in [0.3, 0.4) is 0 Å². The number of benzene rings is 2. The van der Waals surface area contributed by atoms with Crippen molar-refractivity contribution < 1.29 is 17.9 Å². The van der Waals surface area contributed by atoms with Gasteiger partial charge in [0.05, 0.1) is 24.2 Å². The van der Waals surface area contributed by atoms with Crippen molar-refractivity contribution >= 4 is 31.9 Å². The molecular weight excluding hydrogens is 456 g/mol. The Hall–Kier alpha value is -1.74. The third-order valence-corrected chi connectivity index (χ3v) is 7.47. The lowest BCUT2D eigenvalue weighted by Gasteiger charge is -2.26. The van der Waals surface area contributed by atoms with Gasteiger partial charge in [-0.2, -0.15) is 4.31 Å². The van der Waals surface area contributed by atoms with Gasteiger partial charge in [0.1, 0.15) is 0 Å². The maximum absolute atomic E-state index is 13.0. The van der Waals surface area contributed by atoms with E-state index >= 15 is 0 Å². The number of halogens is 1. The van der Waals surface area contributed by atoms with Gasteiger partial charge in [-0.05, 0) is 48.7 Å². The highest BCUT2D eigenvalue weighted by Gasteiger charge is 2.27. The standard InChI is InChI=1S/C21H25BrN2O4S/c1-3-20(16-5-7-17(22)8-6-16)23-21(25)19-14-18(9-4-15(19)2)29(26,27)24-10-12-28-13-11-24/h4-9,14,20H,3,10-13H2,1-2H3,(H,23,25). The van der Waals surface area contributed by atoms with Gasteiger partial charge >= 0.3 is 0 Å². The summed E-state index contributed by atoms with van der Waals surface area (Å²) in [7, 11) is -3.66. The van der Waals surface area contributed by atoms with Crippen molar-refractivity contribution in [1.29, 1.82) is 0 Å². The molecule has 29 heavy (non-hydrogen) atoms. The molecular formula is C21H25BrN2O4S. The summed E-state index contributed by atoms with van der Waals surface area (Å²) in [5, 5.41) is 3.04. The van der Waals surface area contributed by atoms with Crippen LogP contribution in [0.4, 0.5) is 0 Å². The Bertz CT molecular complexity index is 971. The number of hydrogen-bond acceptors (Lipinski definition) is 4. The second-order valence-corrected chi connectivity index (χ2v) is 9.83. The third kappa shape index (κ3) is 5.06. The molecule has 6 nitrogen and oxygen atoms in total. The first-order valence-corrected chi connectivity index (χ1v) is 11.8. The molecule has 0 spiro atoms. The minimum absolute atomic E-state index is 0.131. The fourth-order valence-electron chi connectivity index (χ4n) is 3.29. The van der Waals surface area contributed by atoms with Crippen LogP contribution in [0.2, 0.25) is 0 Å². The summed E-state index contributed by atoms with van der Waals surface area (Å²) in [4.78, 5) is 13.1. The van der Waals surface area contributed by atoms with Crippen molar-refractivity contribution in [1.82, 2.24) is 9.62 Å². The molecule has 1 aliphatic rings. The average Bonchev–Trinajstić information content (AvgIpc) is 2.73. The molecule has 1 unspecified atom stereocenters. The zero-order chi connectivity index (χ0) is 21.0. The first kappa shape index (κ1) is 22.0. The molecule has 1 N–H and O–H groups in total. The zero-order valence-corrected chi connectivity index (χ0v) is 18.9. The van der Waals surface area contributed by atoms with Gasteiger partial charge in [0.25, 0.3) is 5.91 Å². The number of carbonyl (C=O) groups is 1. The Morgan fingerprint density at radius 3 is 2.45 bits per heavy atom. The number of aryl methyl sites for hydroxylation is 1. The molecule has 1 fully saturated rings. The summed E-state index contributed by atoms with van der Waals surface area (Å²) in [6.07, 6.45) is 0.720. The monoisotopic (exact) mass is 480 g/mol. The molecule has 0 aromatic heterocycles. The van der Waals surface area contributed by atoms with E-state index in [0.717, 1.165) is 22.0 Å². The number of nitrogens with zero attached hydrogens (tertiary/aromatic N) is 1. The van der Waals surface area contributed by atoms with Crippen LogP contribution in [-0.2, 0) is 14.8 Å². The van der Waals surface area contributed by atoms with Crippen LogP contribution in [-0.4, -0.2) is 44.9 Å². The molecule has 156 valence electrons. The second-order valence-electron chi connectivity index (χ2n) is 6.98. The maximum atomic E-state index is 13.0. The van der Waals surface area contributed by atoms with E-state index in [0.29, 0.717) is 31.9 Å². The van der Waals surface area contributed by atoms with Gasteiger partial charge in [0, 0.05) is 23.1 Å². The van der Waals surface area contributed by atoms with Crippen molar-refractivity contribution in [2.24, 2.45) is 0 Å². The summed E-state index contributed by atoms with van der Waals surface area (Å²) < 4.78 is 33.5. The largest absolute Gasteiger partial charge is 0.379 e. The molecule has 2 aromatic rings. The van der Waals surface area contributed by atoms with Crippen LogP contribution in [0.25, 0.3) is 0 Å². The Morgan fingerprint density at radius 2 is 1.83 bits per heavy atom. The molecule has 0 saturated carbocycles. The van der Waals surface area contributed by atoms with Gasteiger partial charge in [-0.25, -0.2) is 8.42 Å². The lowest BCUT2D eigenvalue weighted by Crippen LogP contribution is -2.40. The summed E-state index contributed by atoms with van der Waals surface area (Å²) >= 11 is 3.42. The smallest absolute Gasteiger partial charge is 0.252 e. The van der Waals surface area contributed by atoms with Crippen LogP contribution < -0.4 is 5.32 Å². The second kappa shape index (κ2) is 9.38. The highest BCUT2D eigenvalue weighted by atomic mass is 79.9. The molecule has 1 aliphatic heterocycles.